The van der Waals surface area contributed by atoms with Crippen LogP contribution in [0.3, 0.4) is 0 Å². The minimum Gasteiger partial charge on any atom is -0.379 e. The molecule has 186 valence electrons. The van der Waals surface area contributed by atoms with E-state index < -0.39 is 0 Å². The molecule has 0 spiro atoms. The largest absolute Gasteiger partial charge is 0.379 e. The molecule has 4 aromatic heterocycles. The second kappa shape index (κ2) is 10.4. The average molecular weight is 488 g/mol. The van der Waals surface area contributed by atoms with Crippen LogP contribution in [0.25, 0.3) is 16.7 Å². The first kappa shape index (κ1) is 23.8. The van der Waals surface area contributed by atoms with Crippen LogP contribution in [0.4, 0.5) is 0 Å². The van der Waals surface area contributed by atoms with Crippen molar-refractivity contribution in [1.29, 1.82) is 5.41 Å². The molecule has 0 radical (unpaired) electrons. The predicted octanol–water partition coefficient (Wildman–Crippen LogP) is 1.33. The first-order chi connectivity index (χ1) is 17.5. The van der Waals surface area contributed by atoms with Crippen LogP contribution in [0, 0.1) is 12.3 Å². The summed E-state index contributed by atoms with van der Waals surface area (Å²) >= 11 is 0. The Kier molecular flexibility index (Phi) is 6.88. The molecule has 0 aliphatic carbocycles. The summed E-state index contributed by atoms with van der Waals surface area (Å²) in [6, 6.07) is 8.89. The van der Waals surface area contributed by atoms with Gasteiger partial charge >= 0.3 is 0 Å². The summed E-state index contributed by atoms with van der Waals surface area (Å²) in [5.74, 6) is -0.377. The van der Waals surface area contributed by atoms with Crippen molar-refractivity contribution in [2.24, 2.45) is 0 Å². The second-order valence-corrected chi connectivity index (χ2v) is 8.96. The number of nitrogens with zero attached hydrogens (tertiary/aromatic N) is 5. The Balaban J connectivity index is 1.52. The van der Waals surface area contributed by atoms with Crippen LogP contribution in [0.15, 0.2) is 53.7 Å². The second-order valence-electron chi connectivity index (χ2n) is 8.96. The van der Waals surface area contributed by atoms with Crippen LogP contribution in [-0.2, 0) is 11.3 Å². The number of pyridine rings is 3. The van der Waals surface area contributed by atoms with Gasteiger partial charge in [0, 0.05) is 38.2 Å². The molecule has 10 heteroatoms. The van der Waals surface area contributed by atoms with E-state index in [0.29, 0.717) is 17.8 Å². The number of hydrogen-bond acceptors (Lipinski definition) is 7. The average Bonchev–Trinajstić information content (AvgIpc) is 2.90. The fraction of sp³-hybridized carbons (Fsp3) is 0.346. The van der Waals surface area contributed by atoms with Crippen molar-refractivity contribution < 1.29 is 9.53 Å². The molecule has 2 N–H and O–H groups in total. The van der Waals surface area contributed by atoms with Crippen molar-refractivity contribution >= 4 is 22.6 Å². The summed E-state index contributed by atoms with van der Waals surface area (Å²) in [5.41, 5.74) is 2.44. The number of hydrogen-bond donors (Lipinski definition) is 2. The Morgan fingerprint density at radius 1 is 1.19 bits per heavy atom. The van der Waals surface area contributed by atoms with Gasteiger partial charge in [0.05, 0.1) is 30.7 Å². The molecule has 1 aliphatic rings. The lowest BCUT2D eigenvalue weighted by atomic mass is 10.1. The summed E-state index contributed by atoms with van der Waals surface area (Å²) in [4.78, 5) is 37.9. The van der Waals surface area contributed by atoms with E-state index >= 15 is 0 Å². The molecule has 0 aromatic carbocycles. The number of aromatic nitrogens is 4. The van der Waals surface area contributed by atoms with E-state index in [-0.39, 0.29) is 34.4 Å². The minimum atomic E-state index is -0.377. The number of carbonyl (C=O) groups excluding carboxylic acids is 1. The van der Waals surface area contributed by atoms with Crippen LogP contribution in [0.5, 0.6) is 0 Å². The van der Waals surface area contributed by atoms with Gasteiger partial charge in [0.1, 0.15) is 16.8 Å². The molecule has 0 unspecified atom stereocenters. The maximum Gasteiger partial charge on any atom is 0.267 e. The number of amides is 1. The highest BCUT2D eigenvalue weighted by Crippen LogP contribution is 2.14. The van der Waals surface area contributed by atoms with E-state index in [0.717, 1.165) is 50.4 Å². The lowest BCUT2D eigenvalue weighted by molar-refractivity contribution is 0.0374. The van der Waals surface area contributed by atoms with Gasteiger partial charge in [-0.15, -0.1) is 0 Å². The van der Waals surface area contributed by atoms with E-state index in [1.165, 1.54) is 10.5 Å². The molecule has 5 rings (SSSR count). The first-order valence-corrected chi connectivity index (χ1v) is 12.1. The van der Waals surface area contributed by atoms with Gasteiger partial charge in [-0.2, -0.15) is 0 Å². The SMILES string of the molecule is Cc1cccn2c(=O)c3cc(C(=O)NCCCN4CCOCC4)c(=N)n(Cc4cccnc4)c3nc12. The Bertz CT molecular complexity index is 1520. The van der Waals surface area contributed by atoms with E-state index in [1.807, 2.05) is 25.1 Å². The van der Waals surface area contributed by atoms with Gasteiger partial charge in [0.2, 0.25) is 0 Å². The highest BCUT2D eigenvalue weighted by molar-refractivity contribution is 5.96. The summed E-state index contributed by atoms with van der Waals surface area (Å²) in [6.45, 7) is 6.76. The predicted molar refractivity (Wildman–Crippen MR) is 135 cm³/mol. The summed E-state index contributed by atoms with van der Waals surface area (Å²) in [7, 11) is 0. The first-order valence-electron chi connectivity index (χ1n) is 12.1. The van der Waals surface area contributed by atoms with Gasteiger partial charge < -0.3 is 14.6 Å². The van der Waals surface area contributed by atoms with E-state index in [1.54, 1.807) is 29.2 Å². The van der Waals surface area contributed by atoms with Crippen LogP contribution in [0.1, 0.15) is 27.9 Å². The molecular weight excluding hydrogens is 458 g/mol. The van der Waals surface area contributed by atoms with Gasteiger partial charge in [-0.25, -0.2) is 4.98 Å². The zero-order valence-corrected chi connectivity index (χ0v) is 20.2. The van der Waals surface area contributed by atoms with Gasteiger partial charge in [-0.1, -0.05) is 12.1 Å². The monoisotopic (exact) mass is 487 g/mol. The van der Waals surface area contributed by atoms with E-state index in [4.69, 9.17) is 15.1 Å². The van der Waals surface area contributed by atoms with Crippen molar-refractivity contribution in [3.63, 3.8) is 0 Å². The minimum absolute atomic E-state index is 0.00173. The van der Waals surface area contributed by atoms with Crippen molar-refractivity contribution in [1.82, 2.24) is 29.2 Å². The number of aryl methyl sites for hydroxylation is 1. The smallest absolute Gasteiger partial charge is 0.267 e. The van der Waals surface area contributed by atoms with Gasteiger partial charge in [-0.3, -0.25) is 29.3 Å². The number of ether oxygens (including phenoxy) is 1. The van der Waals surface area contributed by atoms with Crippen molar-refractivity contribution in [2.75, 3.05) is 39.4 Å². The zero-order chi connectivity index (χ0) is 25.1. The molecule has 36 heavy (non-hydrogen) atoms. The molecule has 1 aliphatic heterocycles. The normalized spacial score (nSPS) is 14.4. The number of rotatable bonds is 7. The quantitative estimate of drug-likeness (QED) is 0.300. The highest BCUT2D eigenvalue weighted by Gasteiger charge is 2.18. The van der Waals surface area contributed by atoms with Crippen molar-refractivity contribution in [3.8, 4) is 0 Å². The standard InChI is InChI=1S/C26H29N7O3/c1-18-5-3-10-32-23(18)30-24-21(26(32)35)15-20(22(27)33(24)17-19-6-2-7-28-16-19)25(34)29-8-4-9-31-11-13-36-14-12-31/h2-3,5-7,10,15-16,27H,4,8-9,11-14,17H2,1H3,(H,29,34). The molecule has 1 amide bonds. The Labute approximate surface area is 207 Å². The Morgan fingerprint density at radius 2 is 2.03 bits per heavy atom. The van der Waals surface area contributed by atoms with Crippen LogP contribution in [0.2, 0.25) is 0 Å². The lowest BCUT2D eigenvalue weighted by Gasteiger charge is -2.26. The zero-order valence-electron chi connectivity index (χ0n) is 20.2. The number of nitrogens with one attached hydrogen (secondary N) is 2. The van der Waals surface area contributed by atoms with Gasteiger partial charge in [0.25, 0.3) is 11.5 Å². The molecular formula is C26H29N7O3. The summed E-state index contributed by atoms with van der Waals surface area (Å²) < 4.78 is 8.48. The number of fused-ring (bicyclic) bond motifs is 2. The van der Waals surface area contributed by atoms with E-state index in [9.17, 15) is 9.59 Å². The molecule has 5 heterocycles. The Hall–Kier alpha value is -3.89. The molecule has 4 aromatic rings. The molecule has 0 atom stereocenters. The number of morpholine rings is 1. The molecule has 0 saturated carbocycles. The van der Waals surface area contributed by atoms with Crippen LogP contribution in [-0.4, -0.2) is 69.1 Å². The van der Waals surface area contributed by atoms with Crippen LogP contribution < -0.4 is 16.4 Å². The lowest BCUT2D eigenvalue weighted by Crippen LogP contribution is -2.39. The topological polar surface area (TPSA) is 118 Å². The number of carbonyl (C=O) groups is 1. The maximum absolute atomic E-state index is 13.5. The fourth-order valence-electron chi connectivity index (χ4n) is 4.52. The third kappa shape index (κ3) is 4.77. The molecule has 0 bridgehead atoms. The molecule has 1 saturated heterocycles. The van der Waals surface area contributed by atoms with Crippen LogP contribution >= 0.6 is 0 Å². The fourth-order valence-corrected chi connectivity index (χ4v) is 4.52. The van der Waals surface area contributed by atoms with Gasteiger partial charge in [-0.05, 0) is 49.2 Å². The van der Waals surface area contributed by atoms with Crippen molar-refractivity contribution in [3.05, 3.63) is 81.5 Å². The maximum atomic E-state index is 13.5. The van der Waals surface area contributed by atoms with E-state index in [2.05, 4.69) is 15.2 Å². The Morgan fingerprint density at radius 3 is 2.81 bits per heavy atom. The molecule has 10 nitrogen and oxygen atoms in total. The van der Waals surface area contributed by atoms with Crippen molar-refractivity contribution in [2.45, 2.75) is 19.9 Å². The summed E-state index contributed by atoms with van der Waals surface area (Å²) in [6.07, 6.45) is 5.84. The third-order valence-electron chi connectivity index (χ3n) is 6.48. The highest BCUT2D eigenvalue weighted by atomic mass is 16.5. The summed E-state index contributed by atoms with van der Waals surface area (Å²) in [5, 5.41) is 12.1. The van der Waals surface area contributed by atoms with Gasteiger partial charge in [0.15, 0.2) is 0 Å². The molecule has 1 fully saturated rings. The third-order valence-corrected chi connectivity index (χ3v) is 6.48.